The topological polar surface area (TPSA) is 52.7 Å². The fourth-order valence-corrected chi connectivity index (χ4v) is 1.54. The molecule has 98 valence electrons. The van der Waals surface area contributed by atoms with E-state index in [1.54, 1.807) is 0 Å². The average Bonchev–Trinajstić information content (AvgIpc) is 2.71. The predicted molar refractivity (Wildman–Crippen MR) is 68.0 cm³/mol. The number of hydrogen-bond donors (Lipinski definition) is 1. The third kappa shape index (κ3) is 4.75. The minimum absolute atomic E-state index is 0.0767. The van der Waals surface area contributed by atoms with Crippen LogP contribution in [-0.2, 0) is 6.61 Å². The molecule has 17 heavy (non-hydrogen) atoms. The summed E-state index contributed by atoms with van der Waals surface area (Å²) < 4.78 is 5.39. The quantitative estimate of drug-likeness (QED) is 0.777. The van der Waals surface area contributed by atoms with Crippen LogP contribution < -0.4 is 4.90 Å². The van der Waals surface area contributed by atoms with Gasteiger partial charge < -0.3 is 19.3 Å². The van der Waals surface area contributed by atoms with Crippen molar-refractivity contribution in [2.45, 2.75) is 20.5 Å². The summed E-state index contributed by atoms with van der Waals surface area (Å²) in [4.78, 5) is 8.49. The van der Waals surface area contributed by atoms with Crippen LogP contribution in [-0.4, -0.2) is 48.7 Å². The highest BCUT2D eigenvalue weighted by atomic mass is 16.4. The molecule has 0 fully saturated rings. The highest BCUT2D eigenvalue weighted by molar-refractivity contribution is 5.26. The van der Waals surface area contributed by atoms with Crippen LogP contribution in [0.2, 0.25) is 0 Å². The Morgan fingerprint density at radius 3 is 2.53 bits per heavy atom. The van der Waals surface area contributed by atoms with Crippen molar-refractivity contribution in [3.8, 4) is 0 Å². The van der Waals surface area contributed by atoms with Gasteiger partial charge in [-0.2, -0.15) is 4.98 Å². The number of likely N-dealkylation sites (N-methyl/N-ethyl adjacent to an activating group) is 1. The molecule has 0 radical (unpaired) electrons. The Hall–Kier alpha value is -1.07. The molecular weight excluding hydrogens is 218 g/mol. The second-order valence-electron chi connectivity index (χ2n) is 4.92. The molecule has 5 nitrogen and oxygen atoms in total. The number of anilines is 1. The Morgan fingerprint density at radius 2 is 2.06 bits per heavy atom. The molecule has 0 unspecified atom stereocenters. The zero-order valence-electron chi connectivity index (χ0n) is 11.2. The van der Waals surface area contributed by atoms with E-state index in [1.807, 2.05) is 14.1 Å². The van der Waals surface area contributed by atoms with Gasteiger partial charge in [0.05, 0.1) is 6.61 Å². The standard InChI is InChI=1S/C12H23N3O2/c1-10(2)7-15(6-5-14(3)4)12-13-11(8-16)9-17-12/h9-10,16H,5-8H2,1-4H3. The van der Waals surface area contributed by atoms with Gasteiger partial charge in [-0.05, 0) is 20.0 Å². The summed E-state index contributed by atoms with van der Waals surface area (Å²) in [5, 5.41) is 8.98. The van der Waals surface area contributed by atoms with E-state index in [1.165, 1.54) is 6.26 Å². The zero-order chi connectivity index (χ0) is 12.8. The first-order chi connectivity index (χ1) is 8.02. The average molecular weight is 241 g/mol. The summed E-state index contributed by atoms with van der Waals surface area (Å²) in [6.45, 7) is 6.98. The van der Waals surface area contributed by atoms with Gasteiger partial charge in [0, 0.05) is 19.6 Å². The monoisotopic (exact) mass is 241 g/mol. The van der Waals surface area contributed by atoms with Crippen molar-refractivity contribution >= 4 is 6.01 Å². The first-order valence-electron chi connectivity index (χ1n) is 5.98. The molecule has 5 heteroatoms. The Labute approximate surface area is 103 Å². The van der Waals surface area contributed by atoms with Crippen LogP contribution in [0.25, 0.3) is 0 Å². The van der Waals surface area contributed by atoms with Crippen LogP contribution in [0.5, 0.6) is 0 Å². The molecule has 1 rings (SSSR count). The maximum Gasteiger partial charge on any atom is 0.297 e. The minimum Gasteiger partial charge on any atom is -0.432 e. The molecule has 0 aliphatic heterocycles. The van der Waals surface area contributed by atoms with E-state index in [4.69, 9.17) is 9.52 Å². The van der Waals surface area contributed by atoms with E-state index in [2.05, 4.69) is 28.6 Å². The molecule has 1 aromatic heterocycles. The lowest BCUT2D eigenvalue weighted by Gasteiger charge is -2.24. The van der Waals surface area contributed by atoms with E-state index in [0.717, 1.165) is 19.6 Å². The van der Waals surface area contributed by atoms with Crippen LogP contribution in [0, 0.1) is 5.92 Å². The van der Waals surface area contributed by atoms with Gasteiger partial charge in [-0.25, -0.2) is 0 Å². The number of hydrogen-bond acceptors (Lipinski definition) is 5. The number of aromatic nitrogens is 1. The molecule has 0 aliphatic carbocycles. The SMILES string of the molecule is CC(C)CN(CCN(C)C)c1nc(CO)co1. The number of aliphatic hydroxyl groups is 1. The molecule has 1 aromatic rings. The third-order valence-corrected chi connectivity index (χ3v) is 2.37. The van der Waals surface area contributed by atoms with Crippen molar-refractivity contribution in [2.24, 2.45) is 5.92 Å². The first-order valence-corrected chi connectivity index (χ1v) is 5.98. The maximum absolute atomic E-state index is 8.98. The molecule has 0 saturated carbocycles. The van der Waals surface area contributed by atoms with E-state index in [0.29, 0.717) is 17.6 Å². The third-order valence-electron chi connectivity index (χ3n) is 2.37. The molecule has 1 N–H and O–H groups in total. The van der Waals surface area contributed by atoms with E-state index in [9.17, 15) is 0 Å². The van der Waals surface area contributed by atoms with Crippen molar-refractivity contribution in [3.05, 3.63) is 12.0 Å². The summed E-state index contributed by atoms with van der Waals surface area (Å²) in [6.07, 6.45) is 1.51. The van der Waals surface area contributed by atoms with Crippen molar-refractivity contribution in [1.82, 2.24) is 9.88 Å². The molecular formula is C12H23N3O2. The molecule has 0 atom stereocenters. The fourth-order valence-electron chi connectivity index (χ4n) is 1.54. The van der Waals surface area contributed by atoms with Crippen molar-refractivity contribution in [1.29, 1.82) is 0 Å². The summed E-state index contributed by atoms with van der Waals surface area (Å²) in [5.74, 6) is 0.543. The van der Waals surface area contributed by atoms with Crippen LogP contribution >= 0.6 is 0 Å². The fraction of sp³-hybridized carbons (Fsp3) is 0.750. The van der Waals surface area contributed by atoms with Gasteiger partial charge in [0.15, 0.2) is 0 Å². The normalized spacial score (nSPS) is 11.5. The second kappa shape index (κ2) is 6.61. The largest absolute Gasteiger partial charge is 0.432 e. The van der Waals surface area contributed by atoms with Gasteiger partial charge >= 0.3 is 0 Å². The van der Waals surface area contributed by atoms with Crippen molar-refractivity contribution in [3.63, 3.8) is 0 Å². The van der Waals surface area contributed by atoms with Crippen LogP contribution in [0.15, 0.2) is 10.7 Å². The number of aliphatic hydroxyl groups excluding tert-OH is 1. The first kappa shape index (κ1) is 14.0. The minimum atomic E-state index is -0.0767. The van der Waals surface area contributed by atoms with Crippen LogP contribution in [0.4, 0.5) is 6.01 Å². The van der Waals surface area contributed by atoms with Crippen molar-refractivity contribution < 1.29 is 9.52 Å². The molecule has 0 saturated heterocycles. The van der Waals surface area contributed by atoms with Crippen molar-refractivity contribution in [2.75, 3.05) is 38.6 Å². The van der Waals surface area contributed by atoms with Gasteiger partial charge in [-0.1, -0.05) is 13.8 Å². The molecule has 0 bridgehead atoms. The van der Waals surface area contributed by atoms with Crippen LogP contribution in [0.3, 0.4) is 0 Å². The van der Waals surface area contributed by atoms with Gasteiger partial charge in [0.1, 0.15) is 12.0 Å². The number of rotatable bonds is 7. The molecule has 1 heterocycles. The smallest absolute Gasteiger partial charge is 0.297 e. The number of nitrogens with zero attached hydrogens (tertiary/aromatic N) is 3. The predicted octanol–water partition coefficient (Wildman–Crippen LogP) is 1.19. The second-order valence-corrected chi connectivity index (χ2v) is 4.92. The van der Waals surface area contributed by atoms with Gasteiger partial charge in [-0.15, -0.1) is 0 Å². The Kier molecular flexibility index (Phi) is 5.44. The molecule has 0 aromatic carbocycles. The summed E-state index contributed by atoms with van der Waals surface area (Å²) in [5.41, 5.74) is 0.582. The molecule has 0 aliphatic rings. The van der Waals surface area contributed by atoms with E-state index < -0.39 is 0 Å². The summed E-state index contributed by atoms with van der Waals surface area (Å²) in [6, 6.07) is 0.601. The lowest BCUT2D eigenvalue weighted by atomic mass is 10.2. The Balaban J connectivity index is 2.67. The lowest BCUT2D eigenvalue weighted by molar-refractivity contribution is 0.276. The van der Waals surface area contributed by atoms with E-state index >= 15 is 0 Å². The van der Waals surface area contributed by atoms with Gasteiger partial charge in [0.2, 0.25) is 0 Å². The summed E-state index contributed by atoms with van der Waals surface area (Å²) >= 11 is 0. The highest BCUT2D eigenvalue weighted by Crippen LogP contribution is 2.15. The highest BCUT2D eigenvalue weighted by Gasteiger charge is 2.14. The van der Waals surface area contributed by atoms with E-state index in [-0.39, 0.29) is 6.61 Å². The Bertz CT molecular complexity index is 323. The molecule has 0 spiro atoms. The van der Waals surface area contributed by atoms with Gasteiger partial charge in [-0.3, -0.25) is 0 Å². The summed E-state index contributed by atoms with van der Waals surface area (Å²) in [7, 11) is 4.09. The lowest BCUT2D eigenvalue weighted by Crippen LogP contribution is -2.34. The van der Waals surface area contributed by atoms with Gasteiger partial charge in [0.25, 0.3) is 6.01 Å². The zero-order valence-corrected chi connectivity index (χ0v) is 11.2. The number of oxazole rings is 1. The maximum atomic E-state index is 8.98. The Morgan fingerprint density at radius 1 is 1.35 bits per heavy atom. The molecule has 0 amide bonds. The van der Waals surface area contributed by atoms with Crippen LogP contribution in [0.1, 0.15) is 19.5 Å².